The maximum absolute atomic E-state index is 11.4. The summed E-state index contributed by atoms with van der Waals surface area (Å²) in [4.78, 5) is 48.9. The van der Waals surface area contributed by atoms with E-state index in [0.717, 1.165) is 0 Å². The van der Waals surface area contributed by atoms with Gasteiger partial charge in [0.2, 0.25) is 5.24 Å². The summed E-state index contributed by atoms with van der Waals surface area (Å²) in [5, 5.41) is -0.361. The van der Waals surface area contributed by atoms with Crippen LogP contribution in [-0.4, -0.2) is 42.3 Å². The number of ketones is 1. The summed E-state index contributed by atoms with van der Waals surface area (Å²) in [6.07, 6.45) is 8.43. The summed E-state index contributed by atoms with van der Waals surface area (Å²) >= 11 is 4.64. The first-order chi connectivity index (χ1) is 17.2. The Hall–Kier alpha value is -4.57. The first-order valence-corrected chi connectivity index (χ1v) is 10.7. The summed E-state index contributed by atoms with van der Waals surface area (Å²) in [6, 6.07) is 17.4. The number of halogens is 1. The predicted molar refractivity (Wildman–Crippen MR) is 133 cm³/mol. The molecule has 2 heterocycles. The van der Waals surface area contributed by atoms with Crippen LogP contribution in [0.2, 0.25) is 0 Å². The molecule has 2 aromatic carbocycles. The second kappa shape index (κ2) is 17.0. The Kier molecular flexibility index (Phi) is 13.9. The fraction of sp³-hybridized carbons (Fsp3) is 0.120. The molecule has 2 aromatic heterocycles. The summed E-state index contributed by atoms with van der Waals surface area (Å²) in [5.74, 6) is 1.09. The van der Waals surface area contributed by atoms with Crippen LogP contribution in [0.4, 0.5) is 9.59 Å². The van der Waals surface area contributed by atoms with Gasteiger partial charge in [0.1, 0.15) is 29.9 Å². The zero-order valence-corrected chi connectivity index (χ0v) is 20.6. The maximum atomic E-state index is 11.4. The molecule has 0 amide bonds. The second-order valence-electron chi connectivity index (χ2n) is 6.68. The lowest BCUT2D eigenvalue weighted by Gasteiger charge is -2.04. The average Bonchev–Trinajstić information content (AvgIpc) is 3.54. The molecule has 0 aliphatic carbocycles. The molecule has 11 heteroatoms. The van der Waals surface area contributed by atoms with Gasteiger partial charge in [0.15, 0.2) is 0 Å². The third-order valence-corrected chi connectivity index (χ3v) is 3.34. The zero-order chi connectivity index (χ0) is 26.8. The van der Waals surface area contributed by atoms with Crippen LogP contribution in [0.3, 0.4) is 0 Å². The van der Waals surface area contributed by atoms with Crippen molar-refractivity contribution in [2.75, 3.05) is 0 Å². The topological polar surface area (TPSA) is 122 Å². The summed E-state index contributed by atoms with van der Waals surface area (Å²) in [5.41, 5.74) is 0. The van der Waals surface area contributed by atoms with Crippen molar-refractivity contribution in [3.63, 3.8) is 0 Å². The summed E-state index contributed by atoms with van der Waals surface area (Å²) in [7, 11) is 0. The summed E-state index contributed by atoms with van der Waals surface area (Å²) < 4.78 is 12.7. The minimum Gasteiger partial charge on any atom is -0.395 e. The molecule has 0 unspecified atom stereocenters. The quantitative estimate of drug-likeness (QED) is 0.203. The van der Waals surface area contributed by atoms with Crippen LogP contribution in [0.15, 0.2) is 98.1 Å². The fourth-order valence-corrected chi connectivity index (χ4v) is 2.07. The molecule has 0 aliphatic heterocycles. The molecule has 0 saturated carbocycles. The Balaban J connectivity index is 0.000000284. The lowest BCUT2D eigenvalue weighted by Crippen LogP contribution is -2.15. The fourth-order valence-electron chi connectivity index (χ4n) is 2.07. The lowest BCUT2D eigenvalue weighted by atomic mass is 10.3. The van der Waals surface area contributed by atoms with Gasteiger partial charge in [-0.05, 0) is 49.7 Å². The minimum absolute atomic E-state index is 0.167. The monoisotopic (exact) mass is 512 g/mol. The summed E-state index contributed by atoms with van der Waals surface area (Å²) in [6.45, 7) is 4.35. The van der Waals surface area contributed by atoms with Crippen LogP contribution in [0.5, 0.6) is 11.5 Å². The number of carbonyl (C=O) groups excluding carboxylic acids is 4. The van der Waals surface area contributed by atoms with Crippen molar-refractivity contribution in [1.29, 1.82) is 0 Å². The molecule has 0 spiro atoms. The molecule has 0 saturated heterocycles. The van der Waals surface area contributed by atoms with Gasteiger partial charge in [0.05, 0.1) is 0 Å². The van der Waals surface area contributed by atoms with Crippen molar-refractivity contribution in [3.8, 4) is 11.5 Å². The molecule has 0 fully saturated rings. The molecule has 10 nitrogen and oxygen atoms in total. The van der Waals surface area contributed by atoms with Gasteiger partial charge < -0.3 is 14.3 Å². The Morgan fingerprint density at radius 1 is 0.694 bits per heavy atom. The molecule has 188 valence electrons. The number of Topliss-reactive ketones (excluding diaryl/α,β-unsaturated/α-hetero) is 1. The van der Waals surface area contributed by atoms with Gasteiger partial charge >= 0.3 is 12.2 Å². The van der Waals surface area contributed by atoms with E-state index in [1.54, 1.807) is 73.3 Å². The van der Waals surface area contributed by atoms with Crippen LogP contribution in [0.1, 0.15) is 20.8 Å². The number of rotatable bonds is 2. The van der Waals surface area contributed by atoms with Gasteiger partial charge in [0.25, 0.3) is 0 Å². The van der Waals surface area contributed by atoms with E-state index in [9.17, 15) is 19.2 Å². The van der Waals surface area contributed by atoms with E-state index in [4.69, 9.17) is 9.47 Å². The third kappa shape index (κ3) is 13.9. The molecule has 36 heavy (non-hydrogen) atoms. The highest BCUT2D eigenvalue weighted by atomic mass is 35.5. The van der Waals surface area contributed by atoms with E-state index >= 15 is 0 Å². The Morgan fingerprint density at radius 2 is 1.03 bits per heavy atom. The Morgan fingerprint density at radius 3 is 1.31 bits per heavy atom. The number of hydrogen-bond donors (Lipinski definition) is 0. The van der Waals surface area contributed by atoms with Gasteiger partial charge in [-0.25, -0.2) is 19.6 Å². The van der Waals surface area contributed by atoms with Crippen molar-refractivity contribution in [3.05, 3.63) is 98.1 Å². The second-order valence-corrected chi connectivity index (χ2v) is 7.21. The number of para-hydroxylation sites is 2. The van der Waals surface area contributed by atoms with Crippen molar-refractivity contribution >= 4 is 34.8 Å². The molecule has 0 N–H and O–H groups in total. The first kappa shape index (κ1) is 29.5. The number of nitrogens with zero attached hydrogens (tertiary/aromatic N) is 4. The highest BCUT2D eigenvalue weighted by Gasteiger charge is 2.06. The zero-order valence-electron chi connectivity index (χ0n) is 19.9. The average molecular weight is 513 g/mol. The number of ether oxygens (including phenoxy) is 2. The number of imidazole rings is 2. The Bertz CT molecular complexity index is 1080. The van der Waals surface area contributed by atoms with Crippen molar-refractivity contribution in [1.82, 2.24) is 19.1 Å². The maximum Gasteiger partial charge on any atom is 0.519 e. The van der Waals surface area contributed by atoms with E-state index < -0.39 is 6.16 Å². The van der Waals surface area contributed by atoms with E-state index in [1.807, 2.05) is 12.1 Å². The van der Waals surface area contributed by atoms with Crippen LogP contribution in [0, 0.1) is 0 Å². The number of carbonyl (C=O) groups is 4. The number of aromatic nitrogens is 4. The van der Waals surface area contributed by atoms with Gasteiger partial charge in [-0.1, -0.05) is 36.4 Å². The van der Waals surface area contributed by atoms with Crippen molar-refractivity contribution < 1.29 is 28.7 Å². The number of benzene rings is 2. The highest BCUT2D eigenvalue weighted by Crippen LogP contribution is 2.12. The van der Waals surface area contributed by atoms with Crippen molar-refractivity contribution in [2.24, 2.45) is 0 Å². The van der Waals surface area contributed by atoms with Crippen molar-refractivity contribution in [2.45, 2.75) is 20.8 Å². The van der Waals surface area contributed by atoms with Gasteiger partial charge in [-0.15, -0.1) is 0 Å². The van der Waals surface area contributed by atoms with Gasteiger partial charge in [0, 0.05) is 31.7 Å². The minimum atomic E-state index is -0.739. The molecular formula is C25H25ClN4O6. The molecule has 0 aliphatic rings. The predicted octanol–water partition coefficient (Wildman–Crippen LogP) is 5.23. The first-order valence-electron chi connectivity index (χ1n) is 10.3. The molecule has 4 rings (SSSR count). The largest absolute Gasteiger partial charge is 0.519 e. The molecule has 0 radical (unpaired) electrons. The van der Waals surface area contributed by atoms with Crippen LogP contribution >= 0.6 is 11.6 Å². The SMILES string of the molecule is CC(=O)Cl.CC(C)=O.O=C(Oc1ccccc1)Oc1ccccc1.O=C(n1ccnc1)n1ccnc1. The van der Waals surface area contributed by atoms with Gasteiger partial charge in [-0.3, -0.25) is 13.9 Å². The van der Waals surface area contributed by atoms with E-state index in [-0.39, 0.29) is 17.1 Å². The normalized spacial score (nSPS) is 9.00. The molecule has 0 atom stereocenters. The smallest absolute Gasteiger partial charge is 0.395 e. The van der Waals surface area contributed by atoms with E-state index in [1.165, 1.54) is 42.6 Å². The van der Waals surface area contributed by atoms with Crippen LogP contribution in [-0.2, 0) is 9.59 Å². The van der Waals surface area contributed by atoms with E-state index in [0.29, 0.717) is 11.5 Å². The molecule has 4 aromatic rings. The Labute approximate surface area is 213 Å². The molecule has 0 bridgehead atoms. The third-order valence-electron chi connectivity index (χ3n) is 3.34. The highest BCUT2D eigenvalue weighted by molar-refractivity contribution is 6.62. The lowest BCUT2D eigenvalue weighted by molar-refractivity contribution is -0.115. The molecular weight excluding hydrogens is 488 g/mol. The van der Waals surface area contributed by atoms with Crippen LogP contribution in [0.25, 0.3) is 0 Å². The standard InChI is InChI=1S/C13H10O3.C7H6N4O.C3H6O.C2H3ClO/c14-13(15-11-7-3-1-4-8-11)16-12-9-5-2-6-10-12;12-7(10-3-1-8-5-10)11-4-2-9-6-11;1-3(2)4;1-2(3)4/h1-10H;1-6H;1-2H3;1H3. The number of hydrogen-bond acceptors (Lipinski definition) is 8. The van der Waals surface area contributed by atoms with Crippen LogP contribution < -0.4 is 9.47 Å². The van der Waals surface area contributed by atoms with E-state index in [2.05, 4.69) is 21.6 Å². The van der Waals surface area contributed by atoms with Gasteiger partial charge in [-0.2, -0.15) is 0 Å².